The molecular formula is C22H31N3O4. The second-order valence-electron chi connectivity index (χ2n) is 8.13. The van der Waals surface area contributed by atoms with Crippen LogP contribution >= 0.6 is 0 Å². The molecule has 0 aromatic heterocycles. The lowest BCUT2D eigenvalue weighted by molar-refractivity contribution is -0.128. The van der Waals surface area contributed by atoms with Crippen LogP contribution < -0.4 is 5.32 Å². The highest BCUT2D eigenvalue weighted by molar-refractivity contribution is 5.98. The molecule has 0 radical (unpaired) electrons. The van der Waals surface area contributed by atoms with Crippen molar-refractivity contribution in [1.82, 2.24) is 9.80 Å². The number of rotatable bonds is 6. The van der Waals surface area contributed by atoms with Gasteiger partial charge in [-0.2, -0.15) is 0 Å². The molecule has 3 atom stereocenters. The van der Waals surface area contributed by atoms with Gasteiger partial charge in [0.2, 0.25) is 11.8 Å². The molecule has 0 spiro atoms. The number of amides is 3. The van der Waals surface area contributed by atoms with E-state index >= 15 is 0 Å². The molecule has 2 saturated heterocycles. The molecular weight excluding hydrogens is 370 g/mol. The Bertz CT molecular complexity index is 739. The van der Waals surface area contributed by atoms with Crippen LogP contribution in [0.4, 0.5) is 5.69 Å². The van der Waals surface area contributed by atoms with E-state index in [-0.39, 0.29) is 42.3 Å². The Morgan fingerprint density at radius 3 is 2.38 bits per heavy atom. The van der Waals surface area contributed by atoms with E-state index in [1.807, 2.05) is 13.8 Å². The lowest BCUT2D eigenvalue weighted by Crippen LogP contribution is -2.48. The number of hydrogen-bond acceptors (Lipinski definition) is 4. The molecule has 29 heavy (non-hydrogen) atoms. The first-order valence-corrected chi connectivity index (χ1v) is 10.5. The van der Waals surface area contributed by atoms with Gasteiger partial charge in [0.1, 0.15) is 0 Å². The average Bonchev–Trinajstić information content (AvgIpc) is 3.06. The summed E-state index contributed by atoms with van der Waals surface area (Å²) in [6.07, 6.45) is 2.28. The zero-order valence-electron chi connectivity index (χ0n) is 17.5. The highest BCUT2D eigenvalue weighted by Gasteiger charge is 2.34. The molecule has 7 heteroatoms. The normalized spacial score (nSPS) is 24.7. The van der Waals surface area contributed by atoms with Gasteiger partial charge in [0.05, 0.1) is 18.1 Å². The molecule has 0 unspecified atom stereocenters. The number of anilines is 1. The summed E-state index contributed by atoms with van der Waals surface area (Å²) >= 11 is 0. The lowest BCUT2D eigenvalue weighted by Gasteiger charge is -2.35. The Hall–Kier alpha value is -2.41. The van der Waals surface area contributed by atoms with E-state index in [0.29, 0.717) is 37.4 Å². The number of nitrogens with zero attached hydrogens (tertiary/aromatic N) is 2. The van der Waals surface area contributed by atoms with Crippen LogP contribution in [0, 0.1) is 5.92 Å². The Morgan fingerprint density at radius 2 is 1.76 bits per heavy atom. The summed E-state index contributed by atoms with van der Waals surface area (Å²) < 4.78 is 5.68. The van der Waals surface area contributed by atoms with Gasteiger partial charge < -0.3 is 19.9 Å². The van der Waals surface area contributed by atoms with Gasteiger partial charge >= 0.3 is 0 Å². The first-order chi connectivity index (χ1) is 13.9. The van der Waals surface area contributed by atoms with Gasteiger partial charge in [-0.25, -0.2) is 0 Å². The summed E-state index contributed by atoms with van der Waals surface area (Å²) in [6.45, 7) is 8.36. The van der Waals surface area contributed by atoms with Crippen LogP contribution in [-0.4, -0.2) is 65.9 Å². The average molecular weight is 402 g/mol. The number of likely N-dealkylation sites (tertiary alicyclic amines) is 1. The Balaban J connectivity index is 1.56. The second-order valence-corrected chi connectivity index (χ2v) is 8.13. The van der Waals surface area contributed by atoms with Gasteiger partial charge in [-0.1, -0.05) is 13.3 Å². The number of morpholine rings is 1. The van der Waals surface area contributed by atoms with Crippen LogP contribution in [0.3, 0.4) is 0 Å². The third-order valence-electron chi connectivity index (χ3n) is 5.47. The molecule has 2 heterocycles. The Kier molecular flexibility index (Phi) is 6.90. The van der Waals surface area contributed by atoms with E-state index in [9.17, 15) is 14.4 Å². The number of carbonyl (C=O) groups excluding carboxylic acids is 3. The summed E-state index contributed by atoms with van der Waals surface area (Å²) in [5.41, 5.74) is 1.22. The van der Waals surface area contributed by atoms with Crippen molar-refractivity contribution in [2.45, 2.75) is 52.2 Å². The molecule has 0 saturated carbocycles. The topological polar surface area (TPSA) is 79.0 Å². The molecule has 3 amide bonds. The van der Waals surface area contributed by atoms with Crippen molar-refractivity contribution in [3.05, 3.63) is 29.8 Å². The molecule has 158 valence electrons. The van der Waals surface area contributed by atoms with Crippen molar-refractivity contribution in [2.75, 3.05) is 31.5 Å². The van der Waals surface area contributed by atoms with Crippen molar-refractivity contribution < 1.29 is 19.1 Å². The summed E-state index contributed by atoms with van der Waals surface area (Å²) in [4.78, 5) is 40.9. The van der Waals surface area contributed by atoms with Crippen LogP contribution in [-0.2, 0) is 14.3 Å². The zero-order chi connectivity index (χ0) is 21.0. The number of carbonyl (C=O) groups is 3. The predicted molar refractivity (Wildman–Crippen MR) is 111 cm³/mol. The molecule has 3 rings (SSSR count). The van der Waals surface area contributed by atoms with Crippen LogP contribution in [0.15, 0.2) is 24.3 Å². The van der Waals surface area contributed by atoms with E-state index in [1.165, 1.54) is 0 Å². The fraction of sp³-hybridized carbons (Fsp3) is 0.591. The highest BCUT2D eigenvalue weighted by atomic mass is 16.5. The third kappa shape index (κ3) is 5.35. The van der Waals surface area contributed by atoms with Crippen molar-refractivity contribution in [1.29, 1.82) is 0 Å². The highest BCUT2D eigenvalue weighted by Crippen LogP contribution is 2.21. The summed E-state index contributed by atoms with van der Waals surface area (Å²) in [5.74, 6) is -0.449. The summed E-state index contributed by atoms with van der Waals surface area (Å²) in [5, 5.41) is 2.88. The maximum atomic E-state index is 12.7. The fourth-order valence-electron chi connectivity index (χ4n) is 3.98. The first kappa shape index (κ1) is 21.3. The molecule has 2 fully saturated rings. The van der Waals surface area contributed by atoms with E-state index in [0.717, 1.165) is 12.8 Å². The van der Waals surface area contributed by atoms with Gasteiger partial charge in [0, 0.05) is 43.9 Å². The van der Waals surface area contributed by atoms with E-state index in [4.69, 9.17) is 4.74 Å². The minimum absolute atomic E-state index is 0.0206. The van der Waals surface area contributed by atoms with Gasteiger partial charge in [-0.3, -0.25) is 14.4 Å². The van der Waals surface area contributed by atoms with Gasteiger partial charge in [0.15, 0.2) is 0 Å². The Labute approximate surface area is 172 Å². The fourth-order valence-corrected chi connectivity index (χ4v) is 3.98. The minimum Gasteiger partial charge on any atom is -0.372 e. The van der Waals surface area contributed by atoms with Gasteiger partial charge in [-0.05, 0) is 44.5 Å². The van der Waals surface area contributed by atoms with Crippen molar-refractivity contribution >= 4 is 23.4 Å². The first-order valence-electron chi connectivity index (χ1n) is 10.5. The van der Waals surface area contributed by atoms with E-state index < -0.39 is 0 Å². The van der Waals surface area contributed by atoms with Gasteiger partial charge in [0.25, 0.3) is 5.91 Å². The number of unbranched alkanes of at least 4 members (excludes halogenated alkanes) is 1. The number of hydrogen-bond donors (Lipinski definition) is 1. The number of nitrogens with one attached hydrogen (secondary N) is 1. The third-order valence-corrected chi connectivity index (χ3v) is 5.47. The molecule has 2 aliphatic heterocycles. The molecule has 1 N–H and O–H groups in total. The van der Waals surface area contributed by atoms with E-state index in [2.05, 4.69) is 12.2 Å². The quantitative estimate of drug-likeness (QED) is 0.794. The Morgan fingerprint density at radius 1 is 1.10 bits per heavy atom. The van der Waals surface area contributed by atoms with Crippen molar-refractivity contribution in [3.8, 4) is 0 Å². The predicted octanol–water partition coefficient (Wildman–Crippen LogP) is 2.52. The SMILES string of the molecule is CCCCN1C[C@H](C(=O)Nc2ccc(C(=O)N3C[C@@H](C)O[C@H](C)C3)cc2)CC1=O. The monoisotopic (exact) mass is 401 g/mol. The molecule has 7 nitrogen and oxygen atoms in total. The van der Waals surface area contributed by atoms with Crippen molar-refractivity contribution in [3.63, 3.8) is 0 Å². The largest absolute Gasteiger partial charge is 0.372 e. The smallest absolute Gasteiger partial charge is 0.254 e. The maximum absolute atomic E-state index is 12.7. The molecule has 0 bridgehead atoms. The lowest BCUT2D eigenvalue weighted by atomic mass is 10.1. The van der Waals surface area contributed by atoms with Crippen molar-refractivity contribution in [2.24, 2.45) is 5.92 Å². The second kappa shape index (κ2) is 9.39. The number of ether oxygens (including phenoxy) is 1. The van der Waals surface area contributed by atoms with Crippen LogP contribution in [0.5, 0.6) is 0 Å². The zero-order valence-corrected chi connectivity index (χ0v) is 17.5. The van der Waals surface area contributed by atoms with Crippen LogP contribution in [0.25, 0.3) is 0 Å². The molecule has 1 aromatic rings. The van der Waals surface area contributed by atoms with Crippen LogP contribution in [0.1, 0.15) is 50.4 Å². The maximum Gasteiger partial charge on any atom is 0.254 e. The summed E-state index contributed by atoms with van der Waals surface area (Å²) in [7, 11) is 0. The standard InChI is InChI=1S/C22H31N3O4/c1-4-5-10-24-14-18(11-20(24)26)21(27)23-19-8-6-17(7-9-19)22(28)25-12-15(2)29-16(3)13-25/h6-9,15-16,18H,4-5,10-14H2,1-3H3,(H,23,27)/t15-,16-,18-/m1/s1. The molecule has 2 aliphatic rings. The summed E-state index contributed by atoms with van der Waals surface area (Å²) in [6, 6.07) is 6.94. The van der Waals surface area contributed by atoms with Crippen LogP contribution in [0.2, 0.25) is 0 Å². The van der Waals surface area contributed by atoms with E-state index in [1.54, 1.807) is 34.1 Å². The molecule has 1 aromatic carbocycles. The minimum atomic E-state index is -0.322. The number of benzene rings is 1. The molecule has 0 aliphatic carbocycles. The van der Waals surface area contributed by atoms with Gasteiger partial charge in [-0.15, -0.1) is 0 Å².